The quantitative estimate of drug-likeness (QED) is 0.195. The van der Waals surface area contributed by atoms with Gasteiger partial charge in [0.1, 0.15) is 12.6 Å². The van der Waals surface area contributed by atoms with E-state index in [4.69, 9.17) is 14.2 Å². The normalized spacial score (nSPS) is 18.7. The molecule has 0 spiro atoms. The summed E-state index contributed by atoms with van der Waals surface area (Å²) in [7, 11) is 1.31. The molecule has 0 aromatic heterocycles. The van der Waals surface area contributed by atoms with Crippen LogP contribution in [0.15, 0.2) is 46.3 Å². The largest absolute Gasteiger partial charge is 0.493 e. The first-order chi connectivity index (χ1) is 19.8. The molecule has 4 rings (SSSR count). The van der Waals surface area contributed by atoms with E-state index in [-0.39, 0.29) is 35.0 Å². The molecular formula is C28H26F6N2O5S. The number of carbonyl (C=O) groups is 2. The maximum atomic E-state index is 13.5. The van der Waals surface area contributed by atoms with Crippen LogP contribution in [0.25, 0.3) is 6.08 Å². The molecule has 7 nitrogen and oxygen atoms in total. The second-order valence-electron chi connectivity index (χ2n) is 9.33. The molecule has 0 radical (unpaired) electrons. The number of aliphatic imine (C=N–C) groups is 1. The second kappa shape index (κ2) is 12.7. The molecule has 0 saturated carbocycles. The van der Waals surface area contributed by atoms with E-state index in [0.29, 0.717) is 29.8 Å². The maximum Gasteiger partial charge on any atom is 0.416 e. The number of piperidine rings is 1. The third-order valence-electron chi connectivity index (χ3n) is 6.53. The molecule has 0 N–H and O–H groups in total. The Morgan fingerprint density at radius 3 is 2.50 bits per heavy atom. The molecule has 1 unspecified atom stereocenters. The minimum absolute atomic E-state index is 0.0422. The molecule has 14 heteroatoms. The number of thioether (sulfide) groups is 1. The molecule has 1 amide bonds. The Morgan fingerprint density at radius 2 is 1.83 bits per heavy atom. The molecule has 2 aromatic rings. The highest BCUT2D eigenvalue weighted by atomic mass is 32.2. The van der Waals surface area contributed by atoms with Crippen LogP contribution in [0.2, 0.25) is 0 Å². The molecule has 1 atom stereocenters. The Bertz CT molecular complexity index is 1410. The lowest BCUT2D eigenvalue weighted by Crippen LogP contribution is -2.47. The molecule has 0 bridgehead atoms. The van der Waals surface area contributed by atoms with Crippen molar-refractivity contribution in [3.05, 3.63) is 63.6 Å². The molecule has 0 aliphatic carbocycles. The summed E-state index contributed by atoms with van der Waals surface area (Å²) in [5, 5.41) is 0.396. The number of amides is 1. The second-order valence-corrected chi connectivity index (χ2v) is 10.3. The third kappa shape index (κ3) is 7.20. The summed E-state index contributed by atoms with van der Waals surface area (Å²) >= 11 is 1.11. The number of likely N-dealkylation sites (tertiary alicyclic amines) is 1. The van der Waals surface area contributed by atoms with Crippen LogP contribution in [0.1, 0.15) is 48.4 Å². The number of amidine groups is 1. The molecule has 2 aliphatic rings. The Labute approximate surface area is 241 Å². The number of rotatable bonds is 7. The Balaban J connectivity index is 1.50. The highest BCUT2D eigenvalue weighted by Crippen LogP contribution is 2.39. The number of halogens is 6. The molecule has 42 heavy (non-hydrogen) atoms. The Hall–Kier alpha value is -3.68. The third-order valence-corrected chi connectivity index (χ3v) is 7.55. The number of carbonyl (C=O) groups excluding carboxylic acids is 2. The molecule has 1 saturated heterocycles. The van der Waals surface area contributed by atoms with Crippen molar-refractivity contribution in [1.29, 1.82) is 0 Å². The van der Waals surface area contributed by atoms with Crippen molar-refractivity contribution in [1.82, 2.24) is 4.90 Å². The monoisotopic (exact) mass is 616 g/mol. The fourth-order valence-electron chi connectivity index (χ4n) is 4.51. The van der Waals surface area contributed by atoms with Crippen molar-refractivity contribution in [2.24, 2.45) is 4.99 Å². The topological polar surface area (TPSA) is 77.4 Å². The Morgan fingerprint density at radius 1 is 1.07 bits per heavy atom. The Kier molecular flexibility index (Phi) is 9.43. The van der Waals surface area contributed by atoms with Gasteiger partial charge in [0.15, 0.2) is 16.7 Å². The maximum absolute atomic E-state index is 13.5. The molecular weight excluding hydrogens is 590 g/mol. The van der Waals surface area contributed by atoms with Gasteiger partial charge in [-0.15, -0.1) is 0 Å². The van der Waals surface area contributed by atoms with E-state index in [9.17, 15) is 35.9 Å². The van der Waals surface area contributed by atoms with Crippen molar-refractivity contribution in [2.45, 2.75) is 51.2 Å². The minimum Gasteiger partial charge on any atom is -0.493 e. The molecule has 226 valence electrons. The van der Waals surface area contributed by atoms with Crippen molar-refractivity contribution in [3.63, 3.8) is 0 Å². The van der Waals surface area contributed by atoms with Gasteiger partial charge in [0.2, 0.25) is 0 Å². The van der Waals surface area contributed by atoms with Crippen LogP contribution in [-0.2, 0) is 33.3 Å². The predicted molar refractivity (Wildman–Crippen MR) is 143 cm³/mol. The van der Waals surface area contributed by atoms with Gasteiger partial charge in [-0.1, -0.05) is 12.1 Å². The average molecular weight is 617 g/mol. The van der Waals surface area contributed by atoms with Gasteiger partial charge in [-0.05, 0) is 73.9 Å². The lowest BCUT2D eigenvalue weighted by Gasteiger charge is -2.34. The van der Waals surface area contributed by atoms with E-state index < -0.39 is 47.6 Å². The van der Waals surface area contributed by atoms with E-state index in [2.05, 4.69) is 4.99 Å². The average Bonchev–Trinajstić information content (AvgIpc) is 3.30. The predicted octanol–water partition coefficient (Wildman–Crippen LogP) is 6.70. The van der Waals surface area contributed by atoms with E-state index >= 15 is 0 Å². The number of ether oxygens (including phenoxy) is 3. The first-order valence-corrected chi connectivity index (χ1v) is 13.7. The summed E-state index contributed by atoms with van der Waals surface area (Å²) in [4.78, 5) is 31.3. The number of esters is 1. The van der Waals surface area contributed by atoms with E-state index in [1.165, 1.54) is 25.3 Å². The molecule has 2 heterocycles. The minimum atomic E-state index is -5.03. The van der Waals surface area contributed by atoms with E-state index in [1.807, 2.05) is 0 Å². The summed E-state index contributed by atoms with van der Waals surface area (Å²) in [6.45, 7) is 1.83. The van der Waals surface area contributed by atoms with Gasteiger partial charge in [0.25, 0.3) is 5.91 Å². The number of alkyl halides is 6. The van der Waals surface area contributed by atoms with Gasteiger partial charge in [0.05, 0.1) is 29.7 Å². The van der Waals surface area contributed by atoms with Gasteiger partial charge in [0, 0.05) is 12.1 Å². The lowest BCUT2D eigenvalue weighted by molar-refractivity contribution is -0.149. The lowest BCUT2D eigenvalue weighted by atomic mass is 10.0. The fourth-order valence-corrected chi connectivity index (χ4v) is 5.50. The van der Waals surface area contributed by atoms with Crippen LogP contribution in [0, 0.1) is 0 Å². The summed E-state index contributed by atoms with van der Waals surface area (Å²) in [5.41, 5.74) is -2.86. The fraction of sp³-hybridized carbons (Fsp3) is 0.393. The zero-order valence-corrected chi connectivity index (χ0v) is 23.3. The summed E-state index contributed by atoms with van der Waals surface area (Å²) < 4.78 is 95.3. The van der Waals surface area contributed by atoms with Crippen LogP contribution in [-0.4, -0.2) is 48.2 Å². The first kappa shape index (κ1) is 31.3. The van der Waals surface area contributed by atoms with Crippen LogP contribution in [0.3, 0.4) is 0 Å². The number of hydrogen-bond donors (Lipinski definition) is 0. The molecule has 2 aromatic carbocycles. The van der Waals surface area contributed by atoms with Gasteiger partial charge in [-0.3, -0.25) is 4.79 Å². The van der Waals surface area contributed by atoms with Gasteiger partial charge in [-0.25, -0.2) is 4.79 Å². The molecule has 1 fully saturated rings. The number of methoxy groups -OCH3 is 1. The van der Waals surface area contributed by atoms with Crippen molar-refractivity contribution in [3.8, 4) is 11.5 Å². The summed E-state index contributed by atoms with van der Waals surface area (Å²) in [5.74, 6) is -0.700. The van der Waals surface area contributed by atoms with Crippen molar-refractivity contribution in [2.75, 3.05) is 20.3 Å². The standard InChI is InChI=1S/C28H26F6N2O5S/c1-3-40-25(38)20-6-4-5-11-36(20)26-35-24(37)23(42-26)13-16-7-10-21(22(12-16)39-2)41-15-17-8-9-18(27(29,30)31)14-19(17)28(32,33)34/h7-10,12-14,20H,3-6,11,15H2,1-2H3. The smallest absolute Gasteiger partial charge is 0.416 e. The van der Waals surface area contributed by atoms with Crippen LogP contribution >= 0.6 is 11.8 Å². The molecule has 2 aliphatic heterocycles. The SMILES string of the molecule is CCOC(=O)C1CCCCN1C1=NC(=O)C(=Cc2ccc(OCc3ccc(C(F)(F)F)cc3C(F)(F)F)c(OC)c2)S1. The number of benzene rings is 2. The van der Waals surface area contributed by atoms with Gasteiger partial charge in [-0.2, -0.15) is 31.3 Å². The van der Waals surface area contributed by atoms with Crippen LogP contribution in [0.5, 0.6) is 11.5 Å². The first-order valence-electron chi connectivity index (χ1n) is 12.9. The summed E-state index contributed by atoms with van der Waals surface area (Å²) in [6, 6.07) is 5.26. The van der Waals surface area contributed by atoms with Crippen molar-refractivity contribution < 1.29 is 50.1 Å². The summed E-state index contributed by atoms with van der Waals surface area (Å²) in [6.07, 6.45) is -6.15. The van der Waals surface area contributed by atoms with Crippen LogP contribution in [0.4, 0.5) is 26.3 Å². The number of hydrogen-bond acceptors (Lipinski definition) is 7. The highest BCUT2D eigenvalue weighted by molar-refractivity contribution is 8.18. The highest BCUT2D eigenvalue weighted by Gasteiger charge is 2.39. The number of nitrogens with zero attached hydrogens (tertiary/aromatic N) is 2. The van der Waals surface area contributed by atoms with Crippen LogP contribution < -0.4 is 9.47 Å². The van der Waals surface area contributed by atoms with Gasteiger partial charge >= 0.3 is 18.3 Å². The van der Waals surface area contributed by atoms with E-state index in [0.717, 1.165) is 30.7 Å². The van der Waals surface area contributed by atoms with E-state index in [1.54, 1.807) is 17.9 Å². The van der Waals surface area contributed by atoms with Gasteiger partial charge < -0.3 is 19.1 Å². The zero-order valence-electron chi connectivity index (χ0n) is 22.5. The zero-order chi connectivity index (χ0) is 30.7. The van der Waals surface area contributed by atoms with Crippen molar-refractivity contribution >= 4 is 34.9 Å².